The van der Waals surface area contributed by atoms with Crippen molar-refractivity contribution in [1.82, 2.24) is 18.7 Å². The molecule has 210 valence electrons. The molecule has 0 aliphatic rings. The maximum absolute atomic E-state index is 4.83. The normalized spacial score (nSPS) is 12.0. The van der Waals surface area contributed by atoms with E-state index in [9.17, 15) is 0 Å². The molecule has 0 aliphatic heterocycles. The standard InChI is InChI=1S/C41H26N4/c1-3-12-27(13-4-1)43-34-19-9-7-16-31(34)39-37(43)23-24-38-40(39)32-17-8-10-20-35(32)44(38)29-21-22-36-33(26-29)30-18-11-25-42-41(30)45(36)28-14-5-2-6-15-28/h1-26H. The first-order chi connectivity index (χ1) is 22.4. The number of benzene rings is 6. The Labute approximate surface area is 258 Å². The van der Waals surface area contributed by atoms with Gasteiger partial charge in [-0.1, -0.05) is 72.8 Å². The Morgan fingerprint density at radius 3 is 1.47 bits per heavy atom. The van der Waals surface area contributed by atoms with Crippen molar-refractivity contribution in [2.45, 2.75) is 0 Å². The van der Waals surface area contributed by atoms with Crippen LogP contribution < -0.4 is 0 Å². The van der Waals surface area contributed by atoms with Gasteiger partial charge in [0.2, 0.25) is 0 Å². The minimum atomic E-state index is 0.966. The van der Waals surface area contributed by atoms with Crippen molar-refractivity contribution in [1.29, 1.82) is 0 Å². The molecule has 4 nitrogen and oxygen atoms in total. The second kappa shape index (κ2) is 9.18. The van der Waals surface area contributed by atoms with Crippen molar-refractivity contribution in [3.8, 4) is 17.1 Å². The fraction of sp³-hybridized carbons (Fsp3) is 0. The summed E-state index contributed by atoms with van der Waals surface area (Å²) in [5.41, 5.74) is 10.3. The predicted octanol–water partition coefficient (Wildman–Crippen LogP) is 10.4. The van der Waals surface area contributed by atoms with Crippen molar-refractivity contribution in [2.75, 3.05) is 0 Å². The molecule has 0 amide bonds. The first-order valence-corrected chi connectivity index (χ1v) is 15.3. The average molecular weight is 575 g/mol. The summed E-state index contributed by atoms with van der Waals surface area (Å²) < 4.78 is 7.09. The van der Waals surface area contributed by atoms with Crippen LogP contribution in [0.15, 0.2) is 158 Å². The quantitative estimate of drug-likeness (QED) is 0.206. The molecular weight excluding hydrogens is 548 g/mol. The van der Waals surface area contributed by atoms with Crippen LogP contribution in [0, 0.1) is 0 Å². The Hall–Kier alpha value is -6.13. The minimum absolute atomic E-state index is 0.966. The number of hydrogen-bond acceptors (Lipinski definition) is 1. The Morgan fingerprint density at radius 2 is 0.822 bits per heavy atom. The lowest BCUT2D eigenvalue weighted by Gasteiger charge is -2.10. The van der Waals surface area contributed by atoms with Crippen LogP contribution in [-0.2, 0) is 0 Å². The third-order valence-corrected chi connectivity index (χ3v) is 9.27. The van der Waals surface area contributed by atoms with Crippen LogP contribution in [-0.4, -0.2) is 18.7 Å². The van der Waals surface area contributed by atoms with Crippen LogP contribution in [0.4, 0.5) is 0 Å². The van der Waals surface area contributed by atoms with Gasteiger partial charge in [-0.05, 0) is 78.9 Å². The zero-order valence-electron chi connectivity index (χ0n) is 24.3. The van der Waals surface area contributed by atoms with Gasteiger partial charge in [0.05, 0.1) is 27.6 Å². The molecule has 0 aliphatic carbocycles. The molecule has 0 bridgehead atoms. The summed E-state index contributed by atoms with van der Waals surface area (Å²) in [7, 11) is 0. The van der Waals surface area contributed by atoms with Crippen LogP contribution in [0.2, 0.25) is 0 Å². The Morgan fingerprint density at radius 1 is 0.333 bits per heavy atom. The molecule has 4 aromatic heterocycles. The van der Waals surface area contributed by atoms with E-state index in [1.807, 2.05) is 12.3 Å². The van der Waals surface area contributed by atoms with E-state index in [0.29, 0.717) is 0 Å². The highest BCUT2D eigenvalue weighted by atomic mass is 15.0. The van der Waals surface area contributed by atoms with Crippen LogP contribution in [0.1, 0.15) is 0 Å². The van der Waals surface area contributed by atoms with E-state index in [-0.39, 0.29) is 0 Å². The zero-order chi connectivity index (χ0) is 29.5. The molecule has 45 heavy (non-hydrogen) atoms. The highest BCUT2D eigenvalue weighted by molar-refractivity contribution is 6.29. The highest BCUT2D eigenvalue weighted by Gasteiger charge is 2.21. The Kier molecular flexibility index (Phi) is 4.96. The van der Waals surface area contributed by atoms with Gasteiger partial charge in [-0.2, -0.15) is 0 Å². The molecule has 0 saturated carbocycles. The number of pyridine rings is 1. The molecular formula is C41H26N4. The number of nitrogens with zero attached hydrogens (tertiary/aromatic N) is 4. The summed E-state index contributed by atoms with van der Waals surface area (Å²) >= 11 is 0. The number of para-hydroxylation sites is 4. The van der Waals surface area contributed by atoms with E-state index >= 15 is 0 Å². The summed E-state index contributed by atoms with van der Waals surface area (Å²) in [6.45, 7) is 0. The highest BCUT2D eigenvalue weighted by Crippen LogP contribution is 2.43. The number of aromatic nitrogens is 4. The molecule has 0 fully saturated rings. The van der Waals surface area contributed by atoms with Crippen molar-refractivity contribution in [3.05, 3.63) is 158 Å². The fourth-order valence-corrected chi connectivity index (χ4v) is 7.46. The average Bonchev–Trinajstić information content (AvgIpc) is 3.74. The number of hydrogen-bond donors (Lipinski definition) is 0. The van der Waals surface area contributed by atoms with Crippen LogP contribution >= 0.6 is 0 Å². The Balaban J connectivity index is 1.32. The van der Waals surface area contributed by atoms with Crippen LogP contribution in [0.25, 0.3) is 82.6 Å². The van der Waals surface area contributed by atoms with Gasteiger partial charge >= 0.3 is 0 Å². The van der Waals surface area contributed by atoms with Crippen molar-refractivity contribution in [3.63, 3.8) is 0 Å². The number of fused-ring (bicyclic) bond motifs is 10. The zero-order valence-corrected chi connectivity index (χ0v) is 24.3. The van der Waals surface area contributed by atoms with Gasteiger partial charge in [0, 0.05) is 55.6 Å². The van der Waals surface area contributed by atoms with Gasteiger partial charge in [-0.3, -0.25) is 4.57 Å². The monoisotopic (exact) mass is 574 g/mol. The van der Waals surface area contributed by atoms with Crippen LogP contribution in [0.5, 0.6) is 0 Å². The largest absolute Gasteiger partial charge is 0.309 e. The summed E-state index contributed by atoms with van der Waals surface area (Å²) in [5, 5.41) is 7.41. The lowest BCUT2D eigenvalue weighted by atomic mass is 10.1. The summed E-state index contributed by atoms with van der Waals surface area (Å²) in [5.74, 6) is 0. The van der Waals surface area contributed by atoms with Gasteiger partial charge in [0.25, 0.3) is 0 Å². The molecule has 0 N–H and O–H groups in total. The molecule has 0 radical (unpaired) electrons. The fourth-order valence-electron chi connectivity index (χ4n) is 7.46. The van der Waals surface area contributed by atoms with Gasteiger partial charge < -0.3 is 9.13 Å². The molecule has 10 aromatic rings. The second-order valence-electron chi connectivity index (χ2n) is 11.6. The van der Waals surface area contributed by atoms with Crippen molar-refractivity contribution < 1.29 is 0 Å². The third kappa shape index (κ3) is 3.34. The van der Waals surface area contributed by atoms with Gasteiger partial charge in [-0.15, -0.1) is 0 Å². The van der Waals surface area contributed by atoms with Gasteiger partial charge in [0.15, 0.2) is 0 Å². The van der Waals surface area contributed by atoms with Crippen molar-refractivity contribution >= 4 is 65.5 Å². The lowest BCUT2D eigenvalue weighted by molar-refractivity contribution is 1.13. The smallest absolute Gasteiger partial charge is 0.145 e. The second-order valence-corrected chi connectivity index (χ2v) is 11.6. The lowest BCUT2D eigenvalue weighted by Crippen LogP contribution is -1.96. The molecule has 10 rings (SSSR count). The summed E-state index contributed by atoms with van der Waals surface area (Å²) in [6, 6.07) is 54.4. The van der Waals surface area contributed by atoms with E-state index in [0.717, 1.165) is 27.9 Å². The van der Waals surface area contributed by atoms with E-state index < -0.39 is 0 Å². The SMILES string of the molecule is c1ccc(-n2c3ccccc3c3c4c5ccccc5n(-c5ccc6c(c5)c5cccnc5n6-c5ccccc5)c4ccc32)cc1. The number of rotatable bonds is 3. The van der Waals surface area contributed by atoms with Gasteiger partial charge in [-0.25, -0.2) is 4.98 Å². The molecule has 0 saturated heterocycles. The van der Waals surface area contributed by atoms with Gasteiger partial charge in [0.1, 0.15) is 5.65 Å². The maximum Gasteiger partial charge on any atom is 0.145 e. The topological polar surface area (TPSA) is 27.7 Å². The third-order valence-electron chi connectivity index (χ3n) is 9.27. The first kappa shape index (κ1) is 24.3. The summed E-state index contributed by atoms with van der Waals surface area (Å²) in [4.78, 5) is 4.83. The molecule has 0 atom stereocenters. The Bertz CT molecular complexity index is 2750. The predicted molar refractivity (Wildman–Crippen MR) is 187 cm³/mol. The summed E-state index contributed by atoms with van der Waals surface area (Å²) in [6.07, 6.45) is 1.88. The van der Waals surface area contributed by atoms with E-state index in [2.05, 4.69) is 159 Å². The van der Waals surface area contributed by atoms with E-state index in [4.69, 9.17) is 4.98 Å². The van der Waals surface area contributed by atoms with E-state index in [1.165, 1.54) is 54.7 Å². The maximum atomic E-state index is 4.83. The first-order valence-electron chi connectivity index (χ1n) is 15.3. The molecule has 0 unspecified atom stereocenters. The van der Waals surface area contributed by atoms with Crippen LogP contribution in [0.3, 0.4) is 0 Å². The van der Waals surface area contributed by atoms with Crippen molar-refractivity contribution in [2.24, 2.45) is 0 Å². The molecule has 0 spiro atoms. The molecule has 6 aromatic carbocycles. The molecule has 4 heterocycles. The minimum Gasteiger partial charge on any atom is -0.309 e. The molecule has 4 heteroatoms. The van der Waals surface area contributed by atoms with E-state index in [1.54, 1.807) is 0 Å².